The molecule has 1 heterocycles. The minimum Gasteiger partial charge on any atom is -0.388 e. The lowest BCUT2D eigenvalue weighted by atomic mass is 10.1. The molecule has 0 aromatic heterocycles. The molecular formula is C10H9OS. The fraction of sp³-hybridized carbons (Fsp3) is 0.100. The van der Waals surface area contributed by atoms with Crippen LogP contribution in [0, 0.1) is 6.92 Å². The Morgan fingerprint density at radius 1 is 1.33 bits per heavy atom. The summed E-state index contributed by atoms with van der Waals surface area (Å²) in [4.78, 5) is 0. The molecule has 0 saturated heterocycles. The first-order chi connectivity index (χ1) is 5.79. The molecule has 1 unspecified atom stereocenters. The molecule has 1 atom stereocenters. The molecule has 2 heteroatoms. The first-order valence-electron chi connectivity index (χ1n) is 3.75. The van der Waals surface area contributed by atoms with Crippen molar-refractivity contribution in [2.24, 2.45) is 0 Å². The van der Waals surface area contributed by atoms with E-state index in [9.17, 15) is 5.11 Å². The van der Waals surface area contributed by atoms with Gasteiger partial charge < -0.3 is 5.11 Å². The van der Waals surface area contributed by atoms with Crippen LogP contribution in [0.3, 0.4) is 0 Å². The van der Waals surface area contributed by atoms with Crippen molar-refractivity contribution in [3.05, 3.63) is 41.4 Å². The average molecular weight is 177 g/mol. The molecular weight excluding hydrogens is 168 g/mol. The van der Waals surface area contributed by atoms with Crippen LogP contribution < -0.4 is 0 Å². The van der Waals surface area contributed by atoms with Gasteiger partial charge in [0, 0.05) is 0 Å². The quantitative estimate of drug-likeness (QED) is 0.710. The van der Waals surface area contributed by atoms with Crippen LogP contribution in [0.2, 0.25) is 0 Å². The van der Waals surface area contributed by atoms with Gasteiger partial charge in [0.05, 0.1) is 6.10 Å². The fourth-order valence-corrected chi connectivity index (χ4v) is 1.98. The molecule has 1 radical (unpaired) electrons. The zero-order chi connectivity index (χ0) is 8.55. The maximum absolute atomic E-state index is 9.30. The molecule has 0 bridgehead atoms. The zero-order valence-electron chi connectivity index (χ0n) is 6.53. The van der Waals surface area contributed by atoms with E-state index in [0.29, 0.717) is 0 Å². The molecule has 0 fully saturated rings. The van der Waals surface area contributed by atoms with E-state index in [4.69, 9.17) is 0 Å². The predicted octanol–water partition coefficient (Wildman–Crippen LogP) is 2.72. The Morgan fingerprint density at radius 2 is 2.17 bits per heavy atom. The highest BCUT2D eigenvalue weighted by Crippen LogP contribution is 2.32. The van der Waals surface area contributed by atoms with Crippen molar-refractivity contribution < 1.29 is 5.11 Å². The van der Waals surface area contributed by atoms with E-state index in [1.807, 2.05) is 23.6 Å². The van der Waals surface area contributed by atoms with Crippen LogP contribution in [-0.4, -0.2) is 5.11 Å². The van der Waals surface area contributed by atoms with Gasteiger partial charge in [0.25, 0.3) is 0 Å². The van der Waals surface area contributed by atoms with Crippen LogP contribution >= 0.6 is 11.3 Å². The number of rotatable bonds is 1. The van der Waals surface area contributed by atoms with Crippen LogP contribution in [0.25, 0.3) is 11.1 Å². The van der Waals surface area contributed by atoms with Crippen molar-refractivity contribution in [1.29, 1.82) is 0 Å². The maximum atomic E-state index is 9.30. The summed E-state index contributed by atoms with van der Waals surface area (Å²) < 4.78 is 0. The molecule has 1 aliphatic heterocycles. The minimum absolute atomic E-state index is 0.616. The first kappa shape index (κ1) is 7.77. The lowest BCUT2D eigenvalue weighted by Crippen LogP contribution is -1.89. The number of hydrogen-bond donors (Lipinski definition) is 1. The molecule has 1 N–H and O–H groups in total. The zero-order valence-corrected chi connectivity index (χ0v) is 7.34. The first-order valence-corrected chi connectivity index (χ1v) is 4.69. The molecule has 0 spiro atoms. The number of aliphatic hydroxyl groups excluding tert-OH is 1. The molecule has 1 aliphatic carbocycles. The van der Waals surface area contributed by atoms with Gasteiger partial charge in [0.2, 0.25) is 0 Å². The second kappa shape index (κ2) is 2.88. The van der Waals surface area contributed by atoms with E-state index < -0.39 is 6.10 Å². The topological polar surface area (TPSA) is 20.2 Å². The van der Waals surface area contributed by atoms with Crippen molar-refractivity contribution in [2.75, 3.05) is 0 Å². The summed E-state index contributed by atoms with van der Waals surface area (Å²) in [6.45, 7) is 3.59. The van der Waals surface area contributed by atoms with E-state index in [0.717, 1.165) is 11.1 Å². The third kappa shape index (κ3) is 1.13. The Morgan fingerprint density at radius 3 is 2.92 bits per heavy atom. The Hall–Kier alpha value is -0.860. The normalized spacial score (nSPS) is 13.5. The number of hydrogen-bond acceptors (Lipinski definition) is 2. The third-order valence-corrected chi connectivity index (χ3v) is 2.61. The van der Waals surface area contributed by atoms with Crippen LogP contribution in [-0.2, 0) is 0 Å². The highest BCUT2D eigenvalue weighted by molar-refractivity contribution is 7.07. The summed E-state index contributed by atoms with van der Waals surface area (Å²) in [5.41, 5.74) is 3.20. The second-order valence-corrected chi connectivity index (χ2v) is 3.51. The summed E-state index contributed by atoms with van der Waals surface area (Å²) in [6, 6.07) is 5.95. The second-order valence-electron chi connectivity index (χ2n) is 2.73. The van der Waals surface area contributed by atoms with Gasteiger partial charge in [-0.15, -0.1) is 0 Å². The van der Waals surface area contributed by atoms with Crippen molar-refractivity contribution >= 4 is 11.3 Å². The smallest absolute Gasteiger partial charge is 0.0797 e. The molecule has 0 aromatic rings. The maximum Gasteiger partial charge on any atom is 0.0797 e. The predicted molar refractivity (Wildman–Crippen MR) is 51.3 cm³/mol. The van der Waals surface area contributed by atoms with Gasteiger partial charge in [-0.3, -0.25) is 0 Å². The molecule has 61 valence electrons. The van der Waals surface area contributed by atoms with E-state index in [1.165, 1.54) is 5.56 Å². The third-order valence-electron chi connectivity index (χ3n) is 1.93. The highest BCUT2D eigenvalue weighted by Gasteiger charge is 2.11. The summed E-state index contributed by atoms with van der Waals surface area (Å²) in [7, 11) is 0. The molecule has 0 saturated carbocycles. The van der Waals surface area contributed by atoms with Crippen molar-refractivity contribution in [1.82, 2.24) is 0 Å². The van der Waals surface area contributed by atoms with Crippen LogP contribution in [0.15, 0.2) is 29.0 Å². The average Bonchev–Trinajstić information content (AvgIpc) is 2.47. The summed E-state index contributed by atoms with van der Waals surface area (Å²) >= 11 is 1.66. The van der Waals surface area contributed by atoms with Gasteiger partial charge in [0.15, 0.2) is 0 Å². The van der Waals surface area contributed by atoms with E-state index in [2.05, 4.69) is 12.3 Å². The number of aliphatic hydroxyl groups is 1. The van der Waals surface area contributed by atoms with E-state index >= 15 is 0 Å². The van der Waals surface area contributed by atoms with Gasteiger partial charge in [-0.1, -0.05) is 12.1 Å². The molecule has 0 amide bonds. The Labute approximate surface area is 75.6 Å². The summed E-state index contributed by atoms with van der Waals surface area (Å²) in [5, 5.41) is 13.4. The molecule has 2 rings (SSSR count). The standard InChI is InChI=1S/C10H9OS/c1-7(11)9-3-2-8-6-12-5-4-10(8)9/h2-7,11H,1H2. The van der Waals surface area contributed by atoms with Gasteiger partial charge in [0.1, 0.15) is 0 Å². The van der Waals surface area contributed by atoms with Crippen LogP contribution in [0.1, 0.15) is 11.7 Å². The Kier molecular flexibility index (Phi) is 1.87. The fourth-order valence-electron chi connectivity index (χ4n) is 1.33. The Bertz CT molecular complexity index is 351. The van der Waals surface area contributed by atoms with Crippen molar-refractivity contribution in [2.45, 2.75) is 6.10 Å². The highest BCUT2D eigenvalue weighted by atomic mass is 32.1. The lowest BCUT2D eigenvalue weighted by molar-refractivity contribution is 0.227. The van der Waals surface area contributed by atoms with Gasteiger partial charge >= 0.3 is 0 Å². The Balaban J connectivity index is 2.60. The van der Waals surface area contributed by atoms with Crippen molar-refractivity contribution in [3.8, 4) is 11.1 Å². The number of fused-ring (bicyclic) bond motifs is 1. The molecule has 12 heavy (non-hydrogen) atoms. The monoisotopic (exact) mass is 177 g/mol. The molecule has 0 aromatic carbocycles. The van der Waals surface area contributed by atoms with Gasteiger partial charge in [-0.2, -0.15) is 11.3 Å². The summed E-state index contributed by atoms with van der Waals surface area (Å²) in [6.07, 6.45) is -0.616. The SMILES string of the molecule is [CH2]C(O)c1ccc2csccc1-2. The van der Waals surface area contributed by atoms with Crippen LogP contribution in [0.4, 0.5) is 0 Å². The van der Waals surface area contributed by atoms with E-state index in [-0.39, 0.29) is 0 Å². The minimum atomic E-state index is -0.616. The van der Waals surface area contributed by atoms with Gasteiger partial charge in [-0.05, 0) is 40.4 Å². The molecule has 1 nitrogen and oxygen atoms in total. The van der Waals surface area contributed by atoms with Crippen LogP contribution in [0.5, 0.6) is 0 Å². The molecule has 2 aliphatic rings. The van der Waals surface area contributed by atoms with E-state index in [1.54, 1.807) is 11.3 Å². The largest absolute Gasteiger partial charge is 0.388 e. The summed E-state index contributed by atoms with van der Waals surface area (Å²) in [5.74, 6) is 0. The lowest BCUT2D eigenvalue weighted by Gasteiger charge is -2.04. The van der Waals surface area contributed by atoms with Crippen molar-refractivity contribution in [3.63, 3.8) is 0 Å². The van der Waals surface area contributed by atoms with Gasteiger partial charge in [-0.25, -0.2) is 0 Å².